The number of aromatic amines is 1. The Morgan fingerprint density at radius 1 is 1.12 bits per heavy atom. The van der Waals surface area contributed by atoms with E-state index >= 15 is 0 Å². The molecule has 10 heteroatoms. The van der Waals surface area contributed by atoms with Crippen molar-refractivity contribution in [2.45, 2.75) is 40.7 Å². The minimum Gasteiger partial charge on any atom is -0.462 e. The zero-order valence-corrected chi connectivity index (χ0v) is 20.0. The molecule has 0 saturated heterocycles. The van der Waals surface area contributed by atoms with Gasteiger partial charge < -0.3 is 14.5 Å². The van der Waals surface area contributed by atoms with E-state index in [-0.39, 0.29) is 17.9 Å². The Hall–Kier alpha value is -3.24. The van der Waals surface area contributed by atoms with E-state index in [1.54, 1.807) is 32.9 Å². The Morgan fingerprint density at radius 2 is 1.76 bits per heavy atom. The number of esters is 2. The van der Waals surface area contributed by atoms with Crippen LogP contribution in [0.25, 0.3) is 6.08 Å². The molecule has 0 aliphatic rings. The summed E-state index contributed by atoms with van der Waals surface area (Å²) < 4.78 is 36.4. The third kappa shape index (κ3) is 7.13. The van der Waals surface area contributed by atoms with Gasteiger partial charge >= 0.3 is 11.9 Å². The fraction of sp³-hybridized carbons (Fsp3) is 0.348. The summed E-state index contributed by atoms with van der Waals surface area (Å²) in [5, 5.41) is 0.946. The molecule has 0 aliphatic heterocycles. The molecule has 0 fully saturated rings. The normalized spacial score (nSPS) is 12.5. The molecule has 2 aromatic rings. The standard InChI is InChI=1S/C23H28N2O7S/c1-6-31-23(28)20-15(3)21(25-16(20)4)22(27)17(5)32-19(26)13-24-33(29,30)12-11-18-9-7-14(2)8-10-18/h7-12,17,24-25H,6,13H2,1-5H3/b12-11+/t17-/m1/s1. The molecule has 0 aliphatic carbocycles. The smallest absolute Gasteiger partial charge is 0.340 e. The number of ether oxygens (including phenoxy) is 2. The van der Waals surface area contributed by atoms with Crippen LogP contribution in [0.1, 0.15) is 57.1 Å². The molecule has 9 nitrogen and oxygen atoms in total. The summed E-state index contributed by atoms with van der Waals surface area (Å²) in [5.41, 5.74) is 2.96. The van der Waals surface area contributed by atoms with Crippen LogP contribution in [0.15, 0.2) is 29.7 Å². The summed E-state index contributed by atoms with van der Waals surface area (Å²) in [6.07, 6.45) is 0.202. The molecule has 0 spiro atoms. The number of aromatic nitrogens is 1. The van der Waals surface area contributed by atoms with Crippen LogP contribution >= 0.6 is 0 Å². The highest BCUT2D eigenvalue weighted by Crippen LogP contribution is 2.21. The average Bonchev–Trinajstić information content (AvgIpc) is 3.05. The van der Waals surface area contributed by atoms with E-state index in [4.69, 9.17) is 9.47 Å². The molecule has 2 N–H and O–H groups in total. The van der Waals surface area contributed by atoms with Gasteiger partial charge in [0.05, 0.1) is 17.9 Å². The maximum Gasteiger partial charge on any atom is 0.340 e. The molecule has 2 rings (SSSR count). The lowest BCUT2D eigenvalue weighted by molar-refractivity contribution is -0.144. The van der Waals surface area contributed by atoms with Gasteiger partial charge in [0.2, 0.25) is 15.8 Å². The topological polar surface area (TPSA) is 132 Å². The third-order valence-corrected chi connectivity index (χ3v) is 5.82. The Morgan fingerprint density at radius 3 is 2.36 bits per heavy atom. The van der Waals surface area contributed by atoms with Crippen molar-refractivity contribution in [3.8, 4) is 0 Å². The zero-order valence-electron chi connectivity index (χ0n) is 19.2. The molecule has 0 amide bonds. The van der Waals surface area contributed by atoms with E-state index in [1.165, 1.54) is 13.0 Å². The van der Waals surface area contributed by atoms with Crippen LogP contribution in [0.2, 0.25) is 0 Å². The summed E-state index contributed by atoms with van der Waals surface area (Å²) in [5.74, 6) is -2.03. The van der Waals surface area contributed by atoms with Crippen LogP contribution in [0.4, 0.5) is 0 Å². The average molecular weight is 477 g/mol. The molecule has 178 valence electrons. The van der Waals surface area contributed by atoms with Gasteiger partial charge in [0.1, 0.15) is 6.54 Å². The number of H-pyrrole nitrogens is 1. The molecule has 0 unspecified atom stereocenters. The van der Waals surface area contributed by atoms with Crippen molar-refractivity contribution in [3.05, 3.63) is 63.3 Å². The quantitative estimate of drug-likeness (QED) is 0.398. The lowest BCUT2D eigenvalue weighted by Gasteiger charge is -2.12. The second-order valence-electron chi connectivity index (χ2n) is 7.42. The number of carbonyl (C=O) groups is 3. The van der Waals surface area contributed by atoms with Gasteiger partial charge in [-0.3, -0.25) is 9.59 Å². The third-order valence-electron chi connectivity index (χ3n) is 4.78. The molecule has 1 aromatic heterocycles. The highest BCUT2D eigenvalue weighted by atomic mass is 32.2. The number of hydrogen-bond acceptors (Lipinski definition) is 7. The highest BCUT2D eigenvalue weighted by Gasteiger charge is 2.27. The van der Waals surface area contributed by atoms with Crippen LogP contribution in [0, 0.1) is 20.8 Å². The predicted octanol–water partition coefficient (Wildman–Crippen LogP) is 2.82. The molecule has 1 atom stereocenters. The Bertz CT molecular complexity index is 1160. The molecule has 0 bridgehead atoms. The van der Waals surface area contributed by atoms with Crippen molar-refractivity contribution in [3.63, 3.8) is 0 Å². The summed E-state index contributed by atoms with van der Waals surface area (Å²) in [6.45, 7) is 7.73. The molecule has 33 heavy (non-hydrogen) atoms. The lowest BCUT2D eigenvalue weighted by Crippen LogP contribution is -2.33. The molecule has 1 aromatic carbocycles. The van der Waals surface area contributed by atoms with Gasteiger partial charge in [-0.25, -0.2) is 17.9 Å². The van der Waals surface area contributed by atoms with E-state index in [0.717, 1.165) is 11.0 Å². The predicted molar refractivity (Wildman–Crippen MR) is 123 cm³/mol. The van der Waals surface area contributed by atoms with E-state index < -0.39 is 40.4 Å². The number of hydrogen-bond donors (Lipinski definition) is 2. The number of carbonyl (C=O) groups excluding carboxylic acids is 3. The highest BCUT2D eigenvalue weighted by molar-refractivity contribution is 7.92. The van der Waals surface area contributed by atoms with Crippen LogP contribution < -0.4 is 4.72 Å². The van der Waals surface area contributed by atoms with Gasteiger partial charge in [0.25, 0.3) is 0 Å². The largest absolute Gasteiger partial charge is 0.462 e. The number of nitrogens with one attached hydrogen (secondary N) is 2. The maximum absolute atomic E-state index is 12.7. The van der Waals surface area contributed by atoms with Crippen molar-refractivity contribution >= 4 is 33.8 Å². The van der Waals surface area contributed by atoms with Crippen molar-refractivity contribution in [1.29, 1.82) is 0 Å². The van der Waals surface area contributed by atoms with Gasteiger partial charge in [-0.1, -0.05) is 29.8 Å². The number of rotatable bonds is 10. The molecular weight excluding hydrogens is 448 g/mol. The SMILES string of the molecule is CCOC(=O)c1c(C)[nH]c(C(=O)[C@@H](C)OC(=O)CNS(=O)(=O)/C=C/c2ccc(C)cc2)c1C. The van der Waals surface area contributed by atoms with Crippen LogP contribution in [-0.2, 0) is 24.3 Å². The lowest BCUT2D eigenvalue weighted by atomic mass is 10.1. The van der Waals surface area contributed by atoms with E-state index in [1.807, 2.05) is 19.1 Å². The second kappa shape index (κ2) is 11.1. The van der Waals surface area contributed by atoms with Gasteiger partial charge in [0, 0.05) is 11.1 Å². The van der Waals surface area contributed by atoms with Gasteiger partial charge in [-0.2, -0.15) is 0 Å². The summed E-state index contributed by atoms with van der Waals surface area (Å²) >= 11 is 0. The first-order valence-corrected chi connectivity index (χ1v) is 11.8. The van der Waals surface area contributed by atoms with Gasteiger partial charge in [0.15, 0.2) is 6.10 Å². The second-order valence-corrected chi connectivity index (χ2v) is 9.07. The van der Waals surface area contributed by atoms with Crippen molar-refractivity contribution < 1.29 is 32.3 Å². The summed E-state index contributed by atoms with van der Waals surface area (Å²) in [7, 11) is -3.89. The number of benzene rings is 1. The first kappa shape index (κ1) is 26.0. The minimum atomic E-state index is -3.89. The van der Waals surface area contributed by atoms with Crippen LogP contribution in [0.5, 0.6) is 0 Å². The van der Waals surface area contributed by atoms with E-state index in [9.17, 15) is 22.8 Å². The Balaban J connectivity index is 1.97. The van der Waals surface area contributed by atoms with Crippen molar-refractivity contribution in [1.82, 2.24) is 9.71 Å². The van der Waals surface area contributed by atoms with Crippen LogP contribution in [-0.4, -0.2) is 50.4 Å². The maximum atomic E-state index is 12.7. The Labute approximate surface area is 193 Å². The summed E-state index contributed by atoms with van der Waals surface area (Å²) in [6, 6.07) is 7.22. The molecule has 1 heterocycles. The molecule has 0 radical (unpaired) electrons. The zero-order chi connectivity index (χ0) is 24.8. The summed E-state index contributed by atoms with van der Waals surface area (Å²) in [4.78, 5) is 39.7. The first-order chi connectivity index (χ1) is 15.4. The minimum absolute atomic E-state index is 0.123. The number of aryl methyl sites for hydroxylation is 2. The van der Waals surface area contributed by atoms with Gasteiger partial charge in [-0.05, 0) is 51.8 Å². The first-order valence-electron chi connectivity index (χ1n) is 10.3. The molecular formula is C23H28N2O7S. The number of sulfonamides is 1. The fourth-order valence-electron chi connectivity index (χ4n) is 3.05. The number of ketones is 1. The fourth-order valence-corrected chi connectivity index (χ4v) is 3.81. The van der Waals surface area contributed by atoms with Crippen molar-refractivity contribution in [2.75, 3.05) is 13.2 Å². The van der Waals surface area contributed by atoms with Crippen LogP contribution in [0.3, 0.4) is 0 Å². The van der Waals surface area contributed by atoms with E-state index in [2.05, 4.69) is 9.71 Å². The Kier molecular flexibility index (Phi) is 8.72. The van der Waals surface area contributed by atoms with E-state index in [0.29, 0.717) is 16.8 Å². The van der Waals surface area contributed by atoms with Crippen molar-refractivity contribution in [2.24, 2.45) is 0 Å². The van der Waals surface area contributed by atoms with Gasteiger partial charge in [-0.15, -0.1) is 0 Å². The molecule has 0 saturated carbocycles. The number of Topliss-reactive ketones (excluding diaryl/α,β-unsaturated/α-hetero) is 1. The monoisotopic (exact) mass is 476 g/mol.